The maximum Gasteiger partial charge on any atom is 0.240 e. The van der Waals surface area contributed by atoms with E-state index in [1.165, 1.54) is 5.56 Å². The minimum atomic E-state index is -3.58. The van der Waals surface area contributed by atoms with Crippen molar-refractivity contribution in [2.45, 2.75) is 43.5 Å². The number of carbonyl (C=O) groups excluding carboxylic acids is 1. The Morgan fingerprint density at radius 3 is 2.68 bits per heavy atom. The molecule has 0 aliphatic carbocycles. The lowest BCUT2D eigenvalue weighted by molar-refractivity contribution is -0.116. The summed E-state index contributed by atoms with van der Waals surface area (Å²) in [4.78, 5) is 14.3. The first-order valence-electron chi connectivity index (χ1n) is 10.8. The molecule has 1 saturated heterocycles. The quantitative estimate of drug-likeness (QED) is 0.685. The molecular weight excluding hydrogens is 434 g/mol. The standard InChI is InChI=1S/C23H28ClN3O3S/c24-20-5-1-3-18(13-20)16-27-11-9-17(10-12-27)15-25-31(29,30)21-7-8-22-19(14-21)4-2-6-23(28)26-22/h1,3,5,7-8,13-14,17,25H,2,4,6,9-12,15-16H2,(H,26,28). The van der Waals surface area contributed by atoms with Gasteiger partial charge in [-0.05, 0) is 86.1 Å². The van der Waals surface area contributed by atoms with Crippen LogP contribution >= 0.6 is 11.6 Å². The van der Waals surface area contributed by atoms with E-state index in [0.29, 0.717) is 31.0 Å². The molecule has 0 atom stereocenters. The van der Waals surface area contributed by atoms with Crippen molar-refractivity contribution >= 4 is 33.2 Å². The fourth-order valence-electron chi connectivity index (χ4n) is 4.27. The zero-order chi connectivity index (χ0) is 21.8. The van der Waals surface area contributed by atoms with Crippen LogP contribution < -0.4 is 10.0 Å². The molecule has 8 heteroatoms. The molecule has 2 aliphatic heterocycles. The summed E-state index contributed by atoms with van der Waals surface area (Å²) in [6.07, 6.45) is 3.80. The minimum Gasteiger partial charge on any atom is -0.326 e. The number of nitrogens with one attached hydrogen (secondary N) is 2. The highest BCUT2D eigenvalue weighted by atomic mass is 35.5. The highest BCUT2D eigenvalue weighted by molar-refractivity contribution is 7.89. The molecule has 1 fully saturated rings. The Balaban J connectivity index is 1.30. The van der Waals surface area contributed by atoms with Crippen molar-refractivity contribution in [3.8, 4) is 0 Å². The molecule has 31 heavy (non-hydrogen) atoms. The minimum absolute atomic E-state index is 0.0193. The number of hydrogen-bond donors (Lipinski definition) is 2. The molecule has 2 aromatic rings. The molecule has 0 bridgehead atoms. The number of fused-ring (bicyclic) bond motifs is 1. The number of benzene rings is 2. The number of likely N-dealkylation sites (tertiary alicyclic amines) is 1. The molecule has 1 amide bonds. The van der Waals surface area contributed by atoms with Crippen molar-refractivity contribution in [1.29, 1.82) is 0 Å². The molecule has 2 heterocycles. The topological polar surface area (TPSA) is 78.5 Å². The summed E-state index contributed by atoms with van der Waals surface area (Å²) >= 11 is 6.07. The van der Waals surface area contributed by atoms with Crippen molar-refractivity contribution in [2.24, 2.45) is 5.92 Å². The zero-order valence-electron chi connectivity index (χ0n) is 17.4. The van der Waals surface area contributed by atoms with E-state index >= 15 is 0 Å². The van der Waals surface area contributed by atoms with Crippen LogP contribution in [-0.2, 0) is 27.8 Å². The molecule has 2 N–H and O–H groups in total. The zero-order valence-corrected chi connectivity index (χ0v) is 19.0. The molecule has 2 aliphatic rings. The third-order valence-electron chi connectivity index (χ3n) is 6.08. The third-order valence-corrected chi connectivity index (χ3v) is 7.73. The van der Waals surface area contributed by atoms with Crippen molar-refractivity contribution in [2.75, 3.05) is 25.0 Å². The van der Waals surface area contributed by atoms with Gasteiger partial charge < -0.3 is 5.32 Å². The van der Waals surface area contributed by atoms with Gasteiger partial charge in [-0.15, -0.1) is 0 Å². The maximum absolute atomic E-state index is 12.8. The maximum atomic E-state index is 12.8. The molecule has 6 nitrogen and oxygen atoms in total. The van der Waals surface area contributed by atoms with E-state index in [0.717, 1.165) is 49.5 Å². The van der Waals surface area contributed by atoms with Gasteiger partial charge in [0.15, 0.2) is 0 Å². The van der Waals surface area contributed by atoms with Gasteiger partial charge in [-0.25, -0.2) is 13.1 Å². The van der Waals surface area contributed by atoms with Gasteiger partial charge in [-0.3, -0.25) is 9.69 Å². The summed E-state index contributed by atoms with van der Waals surface area (Å²) in [5.41, 5.74) is 2.79. The van der Waals surface area contributed by atoms with Crippen LogP contribution in [0.2, 0.25) is 5.02 Å². The van der Waals surface area contributed by atoms with Crippen LogP contribution in [0.15, 0.2) is 47.4 Å². The first-order valence-corrected chi connectivity index (χ1v) is 12.6. The summed E-state index contributed by atoms with van der Waals surface area (Å²) in [6.45, 7) is 3.20. The summed E-state index contributed by atoms with van der Waals surface area (Å²) in [5, 5.41) is 3.59. The lowest BCUT2D eigenvalue weighted by Crippen LogP contribution is -2.38. The Bertz CT molecular complexity index is 1050. The van der Waals surface area contributed by atoms with Gasteiger partial charge in [0.25, 0.3) is 0 Å². The number of carbonyl (C=O) groups is 1. The van der Waals surface area contributed by atoms with E-state index in [4.69, 9.17) is 11.6 Å². The highest BCUT2D eigenvalue weighted by Gasteiger charge is 2.23. The van der Waals surface area contributed by atoms with Gasteiger partial charge in [-0.2, -0.15) is 0 Å². The Hall–Kier alpha value is -1.93. The number of piperidine rings is 1. The van der Waals surface area contributed by atoms with Crippen molar-refractivity contribution in [3.05, 3.63) is 58.6 Å². The second-order valence-corrected chi connectivity index (χ2v) is 10.6. The van der Waals surface area contributed by atoms with Crippen molar-refractivity contribution in [3.63, 3.8) is 0 Å². The summed E-state index contributed by atoms with van der Waals surface area (Å²) in [6, 6.07) is 12.9. The van der Waals surface area contributed by atoms with Gasteiger partial charge in [0.1, 0.15) is 0 Å². The van der Waals surface area contributed by atoms with Crippen molar-refractivity contribution in [1.82, 2.24) is 9.62 Å². The SMILES string of the molecule is O=C1CCCc2cc(S(=O)(=O)NCC3CCN(Cc4cccc(Cl)c4)CC3)ccc2N1. The van der Waals surface area contributed by atoms with E-state index in [-0.39, 0.29) is 10.8 Å². The number of rotatable bonds is 6. The number of amides is 1. The van der Waals surface area contributed by atoms with Gasteiger partial charge in [0.05, 0.1) is 4.90 Å². The largest absolute Gasteiger partial charge is 0.326 e. The first-order chi connectivity index (χ1) is 14.9. The first kappa shape index (κ1) is 22.3. The molecule has 0 saturated carbocycles. The predicted molar refractivity (Wildman–Crippen MR) is 123 cm³/mol. The Labute approximate surface area is 189 Å². The Morgan fingerprint density at radius 1 is 1.10 bits per heavy atom. The highest BCUT2D eigenvalue weighted by Crippen LogP contribution is 2.26. The number of aryl methyl sites for hydroxylation is 1. The number of hydrogen-bond acceptors (Lipinski definition) is 4. The van der Waals surface area contributed by atoms with Crippen LogP contribution in [0.25, 0.3) is 0 Å². The normalized spacial score (nSPS) is 18.3. The summed E-state index contributed by atoms with van der Waals surface area (Å²) < 4.78 is 28.5. The third kappa shape index (κ3) is 5.86. The van der Waals surface area contributed by atoms with Gasteiger partial charge in [0.2, 0.25) is 15.9 Å². The lowest BCUT2D eigenvalue weighted by atomic mass is 9.97. The Kier molecular flexibility index (Phi) is 6.96. The lowest BCUT2D eigenvalue weighted by Gasteiger charge is -2.32. The van der Waals surface area contributed by atoms with E-state index < -0.39 is 10.0 Å². The van der Waals surface area contributed by atoms with Gasteiger partial charge in [0, 0.05) is 30.2 Å². The summed E-state index contributed by atoms with van der Waals surface area (Å²) in [5.74, 6) is 0.305. The predicted octanol–water partition coefficient (Wildman–Crippen LogP) is 3.81. The molecular formula is C23H28ClN3O3S. The monoisotopic (exact) mass is 461 g/mol. The van der Waals surface area contributed by atoms with Crippen LogP contribution in [0.5, 0.6) is 0 Å². The van der Waals surface area contributed by atoms with Crippen molar-refractivity contribution < 1.29 is 13.2 Å². The molecule has 0 radical (unpaired) electrons. The van der Waals surface area contributed by atoms with Crippen LogP contribution in [-0.4, -0.2) is 38.9 Å². The van der Waals surface area contributed by atoms with Gasteiger partial charge >= 0.3 is 0 Å². The van der Waals surface area contributed by atoms with Crippen LogP contribution in [0.3, 0.4) is 0 Å². The van der Waals surface area contributed by atoms with Gasteiger partial charge in [-0.1, -0.05) is 23.7 Å². The van der Waals surface area contributed by atoms with Crippen LogP contribution in [0.1, 0.15) is 36.8 Å². The average Bonchev–Trinajstić information content (AvgIpc) is 2.93. The number of halogens is 1. The number of nitrogens with zero attached hydrogens (tertiary/aromatic N) is 1. The fraction of sp³-hybridized carbons (Fsp3) is 0.435. The Morgan fingerprint density at radius 2 is 1.90 bits per heavy atom. The summed E-state index contributed by atoms with van der Waals surface area (Å²) in [7, 11) is -3.58. The molecule has 2 aromatic carbocycles. The average molecular weight is 462 g/mol. The van der Waals surface area contributed by atoms with E-state index in [2.05, 4.69) is 21.0 Å². The fourth-order valence-corrected chi connectivity index (χ4v) is 5.65. The van der Waals surface area contributed by atoms with E-state index in [1.807, 2.05) is 18.2 Å². The van der Waals surface area contributed by atoms with E-state index in [1.54, 1.807) is 18.2 Å². The molecule has 0 unspecified atom stereocenters. The second-order valence-electron chi connectivity index (χ2n) is 8.42. The second kappa shape index (κ2) is 9.69. The molecule has 0 spiro atoms. The van der Waals surface area contributed by atoms with E-state index in [9.17, 15) is 13.2 Å². The van der Waals surface area contributed by atoms with Crippen LogP contribution in [0.4, 0.5) is 5.69 Å². The molecule has 166 valence electrons. The molecule has 0 aromatic heterocycles. The van der Waals surface area contributed by atoms with Crippen LogP contribution in [0, 0.1) is 5.92 Å². The number of sulfonamides is 1. The smallest absolute Gasteiger partial charge is 0.240 e. The number of anilines is 1. The molecule has 4 rings (SSSR count).